The number of hydrogen-bond donors (Lipinski definition) is 0. The minimum Gasteiger partial charge on any atom is -0.384 e. The lowest BCUT2D eigenvalue weighted by Gasteiger charge is -2.25. The monoisotopic (exact) mass is 307 g/mol. The number of ether oxygens (including phenoxy) is 1. The molecule has 22 heavy (non-hydrogen) atoms. The van der Waals surface area contributed by atoms with E-state index in [0.29, 0.717) is 6.61 Å². The lowest BCUT2D eigenvalue weighted by molar-refractivity contribution is -0.384. The van der Waals surface area contributed by atoms with Crippen molar-refractivity contribution in [2.45, 2.75) is 47.0 Å². The van der Waals surface area contributed by atoms with Crippen LogP contribution in [-0.2, 0) is 10.2 Å². The molecule has 0 radical (unpaired) electrons. The highest BCUT2D eigenvalue weighted by molar-refractivity contribution is 5.38. The van der Waals surface area contributed by atoms with Gasteiger partial charge in [-0.1, -0.05) is 65.8 Å². The first kappa shape index (κ1) is 20.3. The van der Waals surface area contributed by atoms with E-state index in [2.05, 4.69) is 39.8 Å². The predicted octanol–water partition coefficient (Wildman–Crippen LogP) is 5.13. The lowest BCUT2D eigenvalue weighted by Crippen LogP contribution is -2.19. The molecule has 0 amide bonds. The molecule has 4 nitrogen and oxygen atoms in total. The van der Waals surface area contributed by atoms with Gasteiger partial charge in [0.25, 0.3) is 5.69 Å². The summed E-state index contributed by atoms with van der Waals surface area (Å²) in [5.74, 6) is 0. The average molecular weight is 307 g/mol. The number of nitro benzene ring substituents is 1. The summed E-state index contributed by atoms with van der Waals surface area (Å²) in [6.45, 7) is 13.1. The molecular formula is C18H29NO3. The SMILES string of the molecule is CC.COCC(C)(C)/C=C/C(C)(C)c1ccc([N+](=O)[O-])cc1. The second-order valence-electron chi connectivity index (χ2n) is 6.28. The maximum Gasteiger partial charge on any atom is 0.269 e. The van der Waals surface area contributed by atoms with Crippen LogP contribution in [0.15, 0.2) is 36.4 Å². The van der Waals surface area contributed by atoms with Gasteiger partial charge in [-0.2, -0.15) is 0 Å². The molecular weight excluding hydrogens is 278 g/mol. The molecule has 0 saturated carbocycles. The van der Waals surface area contributed by atoms with Gasteiger partial charge in [-0.15, -0.1) is 0 Å². The number of rotatable bonds is 6. The van der Waals surface area contributed by atoms with Crippen LogP contribution in [0.4, 0.5) is 5.69 Å². The molecule has 0 bridgehead atoms. The van der Waals surface area contributed by atoms with Crippen molar-refractivity contribution in [3.8, 4) is 0 Å². The number of benzene rings is 1. The number of allylic oxidation sites excluding steroid dienone is 1. The third kappa shape index (κ3) is 6.39. The summed E-state index contributed by atoms with van der Waals surface area (Å²) >= 11 is 0. The van der Waals surface area contributed by atoms with E-state index in [1.807, 2.05) is 26.0 Å². The first-order valence-electron chi connectivity index (χ1n) is 7.62. The third-order valence-corrected chi connectivity index (χ3v) is 3.29. The molecule has 1 rings (SSSR count). The number of nitrogens with zero attached hydrogens (tertiary/aromatic N) is 1. The van der Waals surface area contributed by atoms with Crippen LogP contribution in [0, 0.1) is 15.5 Å². The van der Waals surface area contributed by atoms with Gasteiger partial charge in [-0.25, -0.2) is 0 Å². The van der Waals surface area contributed by atoms with Crippen LogP contribution in [0.25, 0.3) is 0 Å². The van der Waals surface area contributed by atoms with Crippen LogP contribution in [0.1, 0.15) is 47.1 Å². The quantitative estimate of drug-likeness (QED) is 0.416. The fraction of sp³-hybridized carbons (Fsp3) is 0.556. The highest BCUT2D eigenvalue weighted by Crippen LogP contribution is 2.29. The van der Waals surface area contributed by atoms with E-state index >= 15 is 0 Å². The Morgan fingerprint density at radius 1 is 1.09 bits per heavy atom. The zero-order chi connectivity index (χ0) is 17.4. The Bertz CT molecular complexity index is 488. The van der Waals surface area contributed by atoms with E-state index in [9.17, 15) is 10.1 Å². The van der Waals surface area contributed by atoms with Gasteiger partial charge < -0.3 is 4.74 Å². The third-order valence-electron chi connectivity index (χ3n) is 3.29. The Kier molecular flexibility index (Phi) is 8.02. The highest BCUT2D eigenvalue weighted by Gasteiger charge is 2.21. The Labute approximate surface area is 134 Å². The summed E-state index contributed by atoms with van der Waals surface area (Å²) in [4.78, 5) is 10.3. The van der Waals surface area contributed by atoms with E-state index in [4.69, 9.17) is 4.74 Å². The summed E-state index contributed by atoms with van der Waals surface area (Å²) < 4.78 is 5.19. The number of non-ortho nitro benzene ring substituents is 1. The molecule has 0 aliphatic rings. The van der Waals surface area contributed by atoms with Crippen LogP contribution >= 0.6 is 0 Å². The summed E-state index contributed by atoms with van der Waals surface area (Å²) in [6.07, 6.45) is 4.27. The number of hydrogen-bond acceptors (Lipinski definition) is 3. The van der Waals surface area contributed by atoms with Crippen molar-refractivity contribution in [1.29, 1.82) is 0 Å². The van der Waals surface area contributed by atoms with Gasteiger partial charge >= 0.3 is 0 Å². The molecule has 0 atom stereocenters. The maximum atomic E-state index is 10.7. The van der Waals surface area contributed by atoms with Gasteiger partial charge in [-0.05, 0) is 5.56 Å². The van der Waals surface area contributed by atoms with Gasteiger partial charge in [0, 0.05) is 30.1 Å². The van der Waals surface area contributed by atoms with Crippen molar-refractivity contribution < 1.29 is 9.66 Å². The normalized spacial score (nSPS) is 12.0. The second kappa shape index (κ2) is 8.69. The molecule has 0 spiro atoms. The van der Waals surface area contributed by atoms with Crippen molar-refractivity contribution in [3.63, 3.8) is 0 Å². The molecule has 0 saturated heterocycles. The first-order chi connectivity index (χ1) is 10.2. The molecule has 1 aromatic carbocycles. The van der Waals surface area contributed by atoms with Crippen molar-refractivity contribution in [2.24, 2.45) is 5.41 Å². The average Bonchev–Trinajstić information content (AvgIpc) is 2.48. The summed E-state index contributed by atoms with van der Waals surface area (Å²) in [5.41, 5.74) is 0.952. The minimum absolute atomic E-state index is 0.0349. The van der Waals surface area contributed by atoms with Crippen LogP contribution in [0.3, 0.4) is 0 Å². The van der Waals surface area contributed by atoms with E-state index in [-0.39, 0.29) is 21.4 Å². The van der Waals surface area contributed by atoms with E-state index in [1.54, 1.807) is 19.2 Å². The Hall–Kier alpha value is -1.68. The molecule has 4 heteroatoms. The Morgan fingerprint density at radius 2 is 1.59 bits per heavy atom. The highest BCUT2D eigenvalue weighted by atomic mass is 16.6. The van der Waals surface area contributed by atoms with Crippen LogP contribution in [-0.4, -0.2) is 18.6 Å². The second-order valence-corrected chi connectivity index (χ2v) is 6.28. The molecule has 0 aromatic heterocycles. The van der Waals surface area contributed by atoms with Crippen molar-refractivity contribution >= 4 is 5.69 Å². The fourth-order valence-electron chi connectivity index (χ4n) is 1.96. The van der Waals surface area contributed by atoms with Crippen molar-refractivity contribution in [1.82, 2.24) is 0 Å². The maximum absolute atomic E-state index is 10.7. The first-order valence-corrected chi connectivity index (χ1v) is 7.62. The molecule has 0 aliphatic heterocycles. The largest absolute Gasteiger partial charge is 0.384 e. The molecule has 1 aromatic rings. The van der Waals surface area contributed by atoms with Gasteiger partial charge in [0.1, 0.15) is 0 Å². The predicted molar refractivity (Wildman–Crippen MR) is 92.3 cm³/mol. The van der Waals surface area contributed by atoms with Gasteiger partial charge in [0.2, 0.25) is 0 Å². The van der Waals surface area contributed by atoms with Crippen LogP contribution < -0.4 is 0 Å². The van der Waals surface area contributed by atoms with E-state index in [0.717, 1.165) is 5.56 Å². The standard InChI is InChI=1S/C16H23NO3.C2H6/c1-15(2,12-20-5)10-11-16(3,4)13-6-8-14(9-7-13)17(18)19;1-2/h6-11H,12H2,1-5H3;1-2H3/b11-10+;. The van der Waals surface area contributed by atoms with Crippen LogP contribution in [0.2, 0.25) is 0 Å². The van der Waals surface area contributed by atoms with E-state index in [1.165, 1.54) is 0 Å². The number of nitro groups is 1. The zero-order valence-corrected chi connectivity index (χ0v) is 14.8. The van der Waals surface area contributed by atoms with Gasteiger partial charge in [0.05, 0.1) is 11.5 Å². The van der Waals surface area contributed by atoms with Crippen molar-refractivity contribution in [3.05, 3.63) is 52.1 Å². The summed E-state index contributed by atoms with van der Waals surface area (Å²) in [5, 5.41) is 10.7. The Morgan fingerprint density at radius 3 is 2.00 bits per heavy atom. The summed E-state index contributed by atoms with van der Waals surface area (Å²) in [6, 6.07) is 6.72. The molecule has 124 valence electrons. The molecule has 0 fully saturated rings. The zero-order valence-electron chi connectivity index (χ0n) is 14.8. The molecule has 0 N–H and O–H groups in total. The van der Waals surface area contributed by atoms with Crippen LogP contribution in [0.5, 0.6) is 0 Å². The fourth-order valence-corrected chi connectivity index (χ4v) is 1.96. The van der Waals surface area contributed by atoms with E-state index < -0.39 is 0 Å². The molecule has 0 aliphatic carbocycles. The van der Waals surface area contributed by atoms with Gasteiger partial charge in [0.15, 0.2) is 0 Å². The smallest absolute Gasteiger partial charge is 0.269 e. The minimum atomic E-state index is -0.381. The molecule has 0 unspecified atom stereocenters. The topological polar surface area (TPSA) is 52.4 Å². The Balaban J connectivity index is 0.00000211. The van der Waals surface area contributed by atoms with Crippen molar-refractivity contribution in [2.75, 3.05) is 13.7 Å². The lowest BCUT2D eigenvalue weighted by atomic mass is 9.81. The molecule has 0 heterocycles. The number of methoxy groups -OCH3 is 1. The van der Waals surface area contributed by atoms with Gasteiger partial charge in [-0.3, -0.25) is 10.1 Å². The summed E-state index contributed by atoms with van der Waals surface area (Å²) in [7, 11) is 1.69.